The molecule has 8 aromatic rings. The summed E-state index contributed by atoms with van der Waals surface area (Å²) in [7, 11) is 0. The van der Waals surface area contributed by atoms with Gasteiger partial charge in [0.1, 0.15) is 24.7 Å². The average Bonchev–Trinajstić information content (AvgIpc) is 1.51. The van der Waals surface area contributed by atoms with Crippen LogP contribution in [0, 0.1) is 25.5 Å². The minimum Gasteiger partial charge on any atom is -0.336 e. The molecule has 2 aliphatic carbocycles. The molecule has 2 aliphatic rings. The average molecular weight is 1410 g/mol. The Morgan fingerprint density at radius 2 is 0.906 bits per heavy atom. The molecule has 2 amide bonds. The number of amides is 2. The molecule has 10 rings (SSSR count). The highest BCUT2D eigenvalue weighted by Crippen LogP contribution is 2.37. The van der Waals surface area contributed by atoms with Crippen molar-refractivity contribution in [2.75, 3.05) is 52.2 Å². The van der Waals surface area contributed by atoms with Crippen molar-refractivity contribution < 1.29 is 105 Å². The van der Waals surface area contributed by atoms with E-state index in [9.17, 15) is 60.5 Å². The van der Waals surface area contributed by atoms with E-state index in [0.29, 0.717) is 11.8 Å². The van der Waals surface area contributed by atoms with Gasteiger partial charge in [0, 0.05) is 92.1 Å². The zero-order valence-electron chi connectivity index (χ0n) is 94.9. The van der Waals surface area contributed by atoms with E-state index >= 15 is 4.79 Å². The van der Waals surface area contributed by atoms with Crippen LogP contribution < -0.4 is 11.1 Å². The normalized spacial score (nSPS) is 22.2. The molecule has 0 unspecified atom stereocenters. The number of hydrogen-bond donors (Lipinski definition) is 0. The number of aromatic nitrogens is 4. The lowest BCUT2D eigenvalue weighted by Crippen LogP contribution is -2.40. The molecule has 12 nitrogen and oxygen atoms in total. The Morgan fingerprint density at radius 1 is 0.521 bits per heavy atom. The second-order valence-electron chi connectivity index (χ2n) is 19.7. The van der Waals surface area contributed by atoms with Gasteiger partial charge in [0.15, 0.2) is 10.3 Å². The molecule has 2 heterocycles. The van der Waals surface area contributed by atoms with Gasteiger partial charge in [-0.3, -0.25) is 19.2 Å². The first kappa shape index (κ1) is 34.0. The van der Waals surface area contributed by atoms with Crippen molar-refractivity contribution in [3.05, 3.63) is 232 Å². The number of halogens is 8. The topological polar surface area (TPSA) is 117 Å². The van der Waals surface area contributed by atoms with E-state index in [-0.39, 0.29) is 64.8 Å². The standard InChI is InChI=1S/2C37H40F4N4O2S/c2*1-4-43(5-2)19-20-44(22-26-9-13-28(14-10-26)29-15-18-32(25(3)21-29)37(39,40)41)34(46)23-45-33-8-6-7-31(33)35(47)42-36(45)48-24-27-11-16-30(38)17-12-27/h2*9-18,21H,4-8,19-20,22-24H2,1-3H3/i6D2,7D2,8D2,9D,10D,11D,12D,13D,14D,15D,16D,17D,18D,19D2,20D2,21D,22D2,24D2;9D,10D,11D,12D,13D,14D,15D,16D,17D,18D,19D2,20D2,21D,22D2,24D2. The highest BCUT2D eigenvalue weighted by Gasteiger charge is 2.34. The number of thioether (sulfide) groups is 2. The van der Waals surface area contributed by atoms with Crippen molar-refractivity contribution >= 4 is 35.3 Å². The lowest BCUT2D eigenvalue weighted by Gasteiger charge is -2.28. The van der Waals surface area contributed by atoms with Gasteiger partial charge in [-0.2, -0.15) is 36.3 Å². The predicted octanol–water partition coefficient (Wildman–Crippen LogP) is 15.1. The number of rotatable bonds is 26. The molecule has 2 aromatic heterocycles. The second-order valence-corrected chi connectivity index (χ2v) is 21.3. The third kappa shape index (κ3) is 18.8. The molecule has 96 heavy (non-hydrogen) atoms. The lowest BCUT2D eigenvalue weighted by molar-refractivity contribution is -0.138. The summed E-state index contributed by atoms with van der Waals surface area (Å²) in [6.07, 6.45) is -21.6. The van der Waals surface area contributed by atoms with Gasteiger partial charge in [0.25, 0.3) is 11.1 Å². The van der Waals surface area contributed by atoms with Crippen molar-refractivity contribution in [1.82, 2.24) is 38.7 Å². The van der Waals surface area contributed by atoms with E-state index in [1.54, 1.807) is 0 Å². The van der Waals surface area contributed by atoms with Gasteiger partial charge < -0.3 is 28.7 Å². The molecule has 508 valence electrons. The Hall–Kier alpha value is -7.92. The number of hydrogen-bond acceptors (Lipinski definition) is 10. The summed E-state index contributed by atoms with van der Waals surface area (Å²) in [4.78, 5) is 65.3. The number of carbonyl (C=O) groups excluding carboxylic acids is 2. The highest BCUT2D eigenvalue weighted by molar-refractivity contribution is 7.98. The van der Waals surface area contributed by atoms with E-state index in [1.165, 1.54) is 27.7 Å². The Kier molecular flexibility index (Phi) is 11.7. The fourth-order valence-electron chi connectivity index (χ4n) is 8.62. The largest absolute Gasteiger partial charge is 0.416 e. The first-order valence-corrected chi connectivity index (χ1v) is 30.0. The van der Waals surface area contributed by atoms with Crippen molar-refractivity contribution in [3.8, 4) is 22.3 Å². The summed E-state index contributed by atoms with van der Waals surface area (Å²) in [6, 6.07) is -30.0. The van der Waals surface area contributed by atoms with E-state index in [2.05, 4.69) is 9.97 Å². The summed E-state index contributed by atoms with van der Waals surface area (Å²) in [5.74, 6) is -7.27. The molecule has 6 aromatic carbocycles. The molecule has 0 spiro atoms. The number of likely N-dealkylation sites (N-methyl/N-ethyl adjacent to an activating group) is 2. The zero-order chi connectivity index (χ0) is 108. The second kappa shape index (κ2) is 32.9. The van der Waals surface area contributed by atoms with Crippen LogP contribution in [0.3, 0.4) is 0 Å². The first-order chi connectivity index (χ1) is 63.4. The number of alkyl halides is 6. The quantitative estimate of drug-likeness (QED) is 0.0295. The van der Waals surface area contributed by atoms with Crippen LogP contribution in [0.4, 0.5) is 35.1 Å². The molecule has 0 N–H and O–H groups in total. The summed E-state index contributed by atoms with van der Waals surface area (Å²) in [5, 5.41) is -2.07. The fourth-order valence-corrected chi connectivity index (χ4v) is 10.0. The number of fused-ring (bicyclic) bond motifs is 2. The third-order valence-electron chi connectivity index (χ3n) is 13.4. The van der Waals surface area contributed by atoms with Crippen molar-refractivity contribution in [1.29, 1.82) is 0 Å². The van der Waals surface area contributed by atoms with Gasteiger partial charge in [0.2, 0.25) is 11.8 Å². The Labute approximate surface area is 625 Å². The molecule has 0 saturated carbocycles. The van der Waals surface area contributed by atoms with Crippen LogP contribution in [0.1, 0.15) is 168 Å². The zero-order valence-corrected chi connectivity index (χ0v) is 52.5. The Morgan fingerprint density at radius 3 is 1.31 bits per heavy atom. The minimum atomic E-state index is -5.31. The Bertz CT molecular complexity index is 6400. The van der Waals surface area contributed by atoms with Gasteiger partial charge in [-0.1, -0.05) is 148 Å². The van der Waals surface area contributed by atoms with Gasteiger partial charge in [-0.05, 0) is 170 Å². The maximum absolute atomic E-state index is 15.2. The highest BCUT2D eigenvalue weighted by atomic mass is 32.2. The monoisotopic (exact) mass is 1400 g/mol. The van der Waals surface area contributed by atoms with Crippen molar-refractivity contribution in [2.24, 2.45) is 0 Å². The molecule has 0 aliphatic heterocycles. The van der Waals surface area contributed by atoms with E-state index in [0.717, 1.165) is 16.4 Å². The summed E-state index contributed by atoms with van der Waals surface area (Å²) in [5.41, 5.74) is -27.3. The molecular weight excluding hydrogens is 1280 g/mol. The van der Waals surface area contributed by atoms with Crippen LogP contribution in [0.5, 0.6) is 0 Å². The Balaban J connectivity index is 0.000000314. The molecule has 0 fully saturated rings. The van der Waals surface area contributed by atoms with Gasteiger partial charge in [-0.25, -0.2) is 8.78 Å². The molecule has 22 heteroatoms. The van der Waals surface area contributed by atoms with Crippen LogP contribution in [0.2, 0.25) is 0 Å². The maximum atomic E-state index is 15.2. The summed E-state index contributed by atoms with van der Waals surface area (Å²) in [6.45, 7) is -21.0. The SMILES string of the molecule is [2H]c1c([2H])c(C([2H])([2H])Sc2nc(=O)c3c(n2CC(=O)N(C([2H])([2H])c2c([2H])c([2H])c(-c4c([2H])c([2H])c(C(F)(F)F)c(C)c4[2H])c([2H])c2[2H])C([2H])([2H])C([2H])([2H])N(CC)CC)C([2H])([2H])C([2H])([2H])C3([2H])[2H])c([2H])c([2H])c1F.[2H]c1c([2H])c(C([2H])([2H])Sc2nc(=O)c3c(n2CC(=O)N(C([2H])([2H])c2c([2H])c([2H])c(-c4c([2H])c([2H])c(C(F)(F)F)c(C)c4[2H])c([2H])c2[2H])C([2H])([2H])C([2H])([2H])N(CC)CC)CCC3)c([2H])c([2H])c1F. The van der Waals surface area contributed by atoms with Crippen LogP contribution in [0.25, 0.3) is 22.3 Å². The smallest absolute Gasteiger partial charge is 0.336 e. The van der Waals surface area contributed by atoms with Crippen LogP contribution in [0.15, 0.2) is 153 Å². The van der Waals surface area contributed by atoms with Crippen molar-refractivity contribution in [3.63, 3.8) is 0 Å². The first-order valence-electron chi connectivity index (χ1n) is 50.4. The lowest BCUT2D eigenvalue weighted by atomic mass is 9.98. The van der Waals surface area contributed by atoms with Gasteiger partial charge >= 0.3 is 12.4 Å². The maximum Gasteiger partial charge on any atom is 0.416 e. The van der Waals surface area contributed by atoms with Gasteiger partial charge in [-0.15, -0.1) is 0 Å². The minimum absolute atomic E-state index is 0.0215. The van der Waals surface area contributed by atoms with E-state index < -0.39 is 381 Å². The van der Waals surface area contributed by atoms with Crippen LogP contribution in [-0.2, 0) is 85.0 Å². The summed E-state index contributed by atoms with van der Waals surface area (Å²) < 4.78 is 497. The number of benzene rings is 6. The molecule has 0 atom stereocenters. The molecule has 0 bridgehead atoms. The molecule has 0 saturated heterocycles. The number of carbonyl (C=O) groups is 2. The van der Waals surface area contributed by atoms with Crippen LogP contribution >= 0.6 is 23.5 Å². The summed E-state index contributed by atoms with van der Waals surface area (Å²) >= 11 is -0.502. The molecular formula is C74H80F8N8O4S2. The van der Waals surface area contributed by atoms with Crippen molar-refractivity contribution in [2.45, 2.75) is 140 Å². The number of nitrogens with zero attached hydrogens (tertiary/aromatic N) is 8. The third-order valence-corrected chi connectivity index (χ3v) is 15.0. The van der Waals surface area contributed by atoms with Gasteiger partial charge in [0.05, 0.1) is 52.2 Å². The fraction of sp³-hybridized carbons (Fsp3) is 0.378. The van der Waals surface area contributed by atoms with E-state index in [1.807, 2.05) is 0 Å². The molecule has 0 radical (unpaired) electrons. The predicted molar refractivity (Wildman–Crippen MR) is 363 cm³/mol. The van der Waals surface area contributed by atoms with E-state index in [4.69, 9.17) is 49.3 Å². The van der Waals surface area contributed by atoms with Crippen LogP contribution in [-0.4, -0.2) is 103 Å².